The topological polar surface area (TPSA) is 99.6 Å². The summed E-state index contributed by atoms with van der Waals surface area (Å²) >= 11 is 0. The normalized spacial score (nSPS) is 12.0. The van der Waals surface area contributed by atoms with Crippen LogP contribution < -0.4 is 15.9 Å². The minimum Gasteiger partial charge on any atom is -0.329 e. The number of hydrogen-bond donors (Lipinski definition) is 1. The average Bonchev–Trinajstić information content (AvgIpc) is 2.65. The lowest BCUT2D eigenvalue weighted by Gasteiger charge is -2.18. The van der Waals surface area contributed by atoms with Gasteiger partial charge in [-0.3, -0.25) is 14.6 Å². The highest BCUT2D eigenvalue weighted by Gasteiger charge is 2.26. The lowest BCUT2D eigenvalue weighted by atomic mass is 10.0. The Morgan fingerprint density at radius 2 is 1.88 bits per heavy atom. The molecule has 0 aliphatic rings. The molecule has 1 unspecified atom stereocenters. The Balaban J connectivity index is 2.66. The van der Waals surface area contributed by atoms with Crippen LogP contribution in [-0.4, -0.2) is 29.2 Å². The zero-order valence-corrected chi connectivity index (χ0v) is 15.7. The van der Waals surface area contributed by atoms with Crippen LogP contribution in [0.4, 0.5) is 0 Å². The number of H-pyrrole nitrogens is 1. The standard InChI is InChI=1S/C17H21N2O6P/c1-4-9-13-14(15(20)12-10-7-6-8-11-12)19(17(22)18-16(13)21)25-26(23-3)24-5-2/h6-8,10-11H,4-5,9H2,1-3H3,(H,18,21,22). The number of hydrogen-bond acceptors (Lipinski definition) is 6. The van der Waals surface area contributed by atoms with Gasteiger partial charge in [-0.05, 0) is 13.3 Å². The molecule has 0 aliphatic heterocycles. The smallest absolute Gasteiger partial charge is 0.329 e. The molecule has 0 saturated heterocycles. The molecule has 1 aromatic carbocycles. The number of benzene rings is 1. The van der Waals surface area contributed by atoms with Crippen molar-refractivity contribution < 1.29 is 18.5 Å². The molecule has 9 heteroatoms. The van der Waals surface area contributed by atoms with Gasteiger partial charge in [0.2, 0.25) is 5.78 Å². The summed E-state index contributed by atoms with van der Waals surface area (Å²) in [5.41, 5.74) is -1.06. The van der Waals surface area contributed by atoms with E-state index in [2.05, 4.69) is 4.98 Å². The Hall–Kier alpha value is -2.28. The lowest BCUT2D eigenvalue weighted by molar-refractivity contribution is 0.0987. The second kappa shape index (κ2) is 9.43. The van der Waals surface area contributed by atoms with Gasteiger partial charge in [0.1, 0.15) is 5.69 Å². The molecule has 1 heterocycles. The first-order chi connectivity index (χ1) is 12.5. The molecule has 0 fully saturated rings. The van der Waals surface area contributed by atoms with E-state index in [4.69, 9.17) is 13.7 Å². The van der Waals surface area contributed by atoms with Crippen LogP contribution in [0.3, 0.4) is 0 Å². The quantitative estimate of drug-likeness (QED) is 0.528. The minimum absolute atomic E-state index is 0.115. The van der Waals surface area contributed by atoms with Crippen molar-refractivity contribution in [3.63, 3.8) is 0 Å². The molecule has 0 radical (unpaired) electrons. The summed E-state index contributed by atoms with van der Waals surface area (Å²) < 4.78 is 16.6. The van der Waals surface area contributed by atoms with Gasteiger partial charge in [-0.15, -0.1) is 4.73 Å². The molecule has 2 rings (SSSR count). The van der Waals surface area contributed by atoms with Crippen molar-refractivity contribution in [2.24, 2.45) is 0 Å². The van der Waals surface area contributed by atoms with E-state index in [0.717, 1.165) is 4.73 Å². The molecule has 0 bridgehead atoms. The number of aromatic amines is 1. The monoisotopic (exact) mass is 380 g/mol. The van der Waals surface area contributed by atoms with Crippen LogP contribution in [0.1, 0.15) is 41.9 Å². The number of carbonyl (C=O) groups is 1. The molecule has 0 spiro atoms. The van der Waals surface area contributed by atoms with Crippen molar-refractivity contribution in [1.82, 2.24) is 9.71 Å². The van der Waals surface area contributed by atoms with Crippen molar-refractivity contribution in [1.29, 1.82) is 0 Å². The van der Waals surface area contributed by atoms with E-state index < -0.39 is 25.6 Å². The summed E-state index contributed by atoms with van der Waals surface area (Å²) in [5.74, 6) is -0.486. The number of carbonyl (C=O) groups excluding carboxylic acids is 1. The van der Waals surface area contributed by atoms with Crippen LogP contribution in [0.25, 0.3) is 0 Å². The van der Waals surface area contributed by atoms with E-state index in [0.29, 0.717) is 25.0 Å². The molecule has 0 aliphatic carbocycles. The van der Waals surface area contributed by atoms with Gasteiger partial charge >= 0.3 is 14.3 Å². The Morgan fingerprint density at radius 3 is 2.46 bits per heavy atom. The van der Waals surface area contributed by atoms with E-state index in [1.165, 1.54) is 7.11 Å². The summed E-state index contributed by atoms with van der Waals surface area (Å²) in [6.45, 7) is 3.90. The van der Waals surface area contributed by atoms with E-state index >= 15 is 0 Å². The van der Waals surface area contributed by atoms with E-state index in [1.807, 2.05) is 6.92 Å². The molecule has 2 aromatic rings. The molecule has 1 atom stereocenters. The van der Waals surface area contributed by atoms with Crippen molar-refractivity contribution in [2.45, 2.75) is 26.7 Å². The van der Waals surface area contributed by atoms with E-state index in [1.54, 1.807) is 37.3 Å². The van der Waals surface area contributed by atoms with Crippen molar-refractivity contribution in [3.8, 4) is 0 Å². The molecule has 1 N–H and O–H groups in total. The van der Waals surface area contributed by atoms with Crippen molar-refractivity contribution >= 4 is 14.4 Å². The summed E-state index contributed by atoms with van der Waals surface area (Å²) in [7, 11) is -0.539. The number of aromatic nitrogens is 2. The third-order valence-corrected chi connectivity index (χ3v) is 4.51. The van der Waals surface area contributed by atoms with Crippen LogP contribution >= 0.6 is 8.60 Å². The zero-order valence-electron chi connectivity index (χ0n) is 14.9. The maximum atomic E-state index is 13.0. The molecular formula is C17H21N2O6P. The predicted molar refractivity (Wildman–Crippen MR) is 97.3 cm³/mol. The zero-order chi connectivity index (χ0) is 19.1. The van der Waals surface area contributed by atoms with Crippen molar-refractivity contribution in [2.75, 3.05) is 13.7 Å². The highest BCUT2D eigenvalue weighted by atomic mass is 31.2. The second-order valence-electron chi connectivity index (χ2n) is 5.23. The fourth-order valence-electron chi connectivity index (χ4n) is 2.35. The molecular weight excluding hydrogens is 359 g/mol. The Labute approximate surface area is 151 Å². The molecule has 0 saturated carbocycles. The maximum absolute atomic E-state index is 13.0. The maximum Gasteiger partial charge on any atom is 0.417 e. The largest absolute Gasteiger partial charge is 0.417 e. The first-order valence-electron chi connectivity index (χ1n) is 8.17. The summed E-state index contributed by atoms with van der Waals surface area (Å²) in [6, 6.07) is 8.38. The minimum atomic E-state index is -1.90. The number of rotatable bonds is 9. The summed E-state index contributed by atoms with van der Waals surface area (Å²) in [6.07, 6.45) is 0.924. The molecule has 0 amide bonds. The third kappa shape index (κ3) is 4.46. The van der Waals surface area contributed by atoms with Gasteiger partial charge in [0.25, 0.3) is 5.56 Å². The summed E-state index contributed by atoms with van der Waals surface area (Å²) in [5, 5.41) is 0. The van der Waals surface area contributed by atoms with Gasteiger partial charge in [0.05, 0.1) is 6.61 Å². The second-order valence-corrected chi connectivity index (χ2v) is 6.47. The first kappa shape index (κ1) is 20.0. The van der Waals surface area contributed by atoms with Gasteiger partial charge < -0.3 is 13.7 Å². The Kier molecular flexibility index (Phi) is 7.26. The molecule has 140 valence electrons. The average molecular weight is 380 g/mol. The van der Waals surface area contributed by atoms with Crippen LogP contribution in [0.5, 0.6) is 0 Å². The number of nitrogens with zero attached hydrogens (tertiary/aromatic N) is 1. The molecule has 26 heavy (non-hydrogen) atoms. The van der Waals surface area contributed by atoms with Gasteiger partial charge in [-0.2, -0.15) is 0 Å². The molecule has 1 aromatic heterocycles. The Morgan fingerprint density at radius 1 is 1.19 bits per heavy atom. The van der Waals surface area contributed by atoms with Crippen LogP contribution in [0, 0.1) is 0 Å². The number of ketones is 1. The summed E-state index contributed by atoms with van der Waals surface area (Å²) in [4.78, 5) is 39.8. The van der Waals surface area contributed by atoms with Crippen LogP contribution in [0.2, 0.25) is 0 Å². The number of nitrogens with one attached hydrogen (secondary N) is 1. The van der Waals surface area contributed by atoms with Crippen LogP contribution in [0.15, 0.2) is 39.9 Å². The SMILES string of the molecule is CCCc1c(C(=O)c2ccccc2)n(OP(OC)OCC)c(=O)[nH]c1=O. The Bertz CT molecular complexity index is 862. The third-order valence-electron chi connectivity index (χ3n) is 3.45. The predicted octanol–water partition coefficient (Wildman–Crippen LogP) is 2.06. The van der Waals surface area contributed by atoms with E-state index in [9.17, 15) is 14.4 Å². The van der Waals surface area contributed by atoms with Gasteiger partial charge in [-0.1, -0.05) is 43.7 Å². The van der Waals surface area contributed by atoms with Crippen LogP contribution in [-0.2, 0) is 15.5 Å². The highest BCUT2D eigenvalue weighted by molar-refractivity contribution is 7.41. The highest BCUT2D eigenvalue weighted by Crippen LogP contribution is 2.34. The van der Waals surface area contributed by atoms with E-state index in [-0.39, 0.29) is 11.3 Å². The van der Waals surface area contributed by atoms with Gasteiger partial charge in [0.15, 0.2) is 0 Å². The van der Waals surface area contributed by atoms with Crippen molar-refractivity contribution in [3.05, 3.63) is 68.0 Å². The fourth-order valence-corrected chi connectivity index (χ4v) is 3.07. The fraction of sp³-hybridized carbons (Fsp3) is 0.353. The molecule has 8 nitrogen and oxygen atoms in total. The van der Waals surface area contributed by atoms with Gasteiger partial charge in [0, 0.05) is 18.2 Å². The first-order valence-corrected chi connectivity index (χ1v) is 9.26. The van der Waals surface area contributed by atoms with Gasteiger partial charge in [-0.25, -0.2) is 4.79 Å². The lowest BCUT2D eigenvalue weighted by Crippen LogP contribution is -2.39.